The summed E-state index contributed by atoms with van der Waals surface area (Å²) in [5, 5.41) is 5.84. The fraction of sp³-hybridized carbons (Fsp3) is 0.450. The molecule has 0 amide bonds. The Morgan fingerprint density at radius 2 is 1.97 bits per heavy atom. The molecule has 1 aliphatic rings. The van der Waals surface area contributed by atoms with Gasteiger partial charge in [0, 0.05) is 43.7 Å². The van der Waals surface area contributed by atoms with Crippen molar-refractivity contribution in [2.75, 3.05) is 24.5 Å². The molecule has 7 nitrogen and oxygen atoms in total. The first-order chi connectivity index (χ1) is 13.8. The monoisotopic (exact) mass is 432 g/mol. The average Bonchev–Trinajstić information content (AvgIpc) is 3.10. The third-order valence-corrected chi connectivity index (χ3v) is 7.36. The molecule has 0 aliphatic carbocycles. The van der Waals surface area contributed by atoms with E-state index in [1.807, 2.05) is 25.4 Å². The molecule has 4 rings (SSSR count). The van der Waals surface area contributed by atoms with Crippen LogP contribution < -0.4 is 16.2 Å². The second kappa shape index (κ2) is 7.66. The van der Waals surface area contributed by atoms with Crippen molar-refractivity contribution < 1.29 is 0 Å². The largest absolute Gasteiger partial charge is 0.342 e. The van der Waals surface area contributed by atoms with E-state index in [0.717, 1.165) is 41.7 Å². The minimum absolute atomic E-state index is 0.0745. The average molecular weight is 433 g/mol. The summed E-state index contributed by atoms with van der Waals surface area (Å²) < 4.78 is 3.36. The van der Waals surface area contributed by atoms with E-state index < -0.39 is 0 Å². The zero-order valence-electron chi connectivity index (χ0n) is 16.9. The SMILES string of the molecule is Cn1cc2c(Cl)c(Sc3cnc(N4CCC(C)(CN)CC4)n(C)c3=O)ccc2n1. The molecule has 0 bridgehead atoms. The number of nitrogens with zero attached hydrogens (tertiary/aromatic N) is 5. The number of aromatic nitrogens is 4. The van der Waals surface area contributed by atoms with Crippen molar-refractivity contribution >= 4 is 40.2 Å². The topological polar surface area (TPSA) is 82.0 Å². The standard InChI is InChI=1S/C20H25ClN6OS/c1-20(12-22)6-8-27(9-7-20)19-23-10-16(18(28)26(19)3)29-15-5-4-14-13(17(15)21)11-25(2)24-14/h4-5,10-11H,6-9,12,22H2,1-3H3. The maximum Gasteiger partial charge on any atom is 0.268 e. The zero-order valence-corrected chi connectivity index (χ0v) is 18.4. The molecule has 9 heteroatoms. The molecule has 29 heavy (non-hydrogen) atoms. The molecule has 0 radical (unpaired) electrons. The lowest BCUT2D eigenvalue weighted by atomic mass is 9.81. The molecule has 3 heterocycles. The molecule has 2 N–H and O–H groups in total. The van der Waals surface area contributed by atoms with Gasteiger partial charge in [-0.2, -0.15) is 5.10 Å². The first kappa shape index (κ1) is 20.3. The number of rotatable bonds is 4. The number of aryl methyl sites for hydroxylation is 1. The van der Waals surface area contributed by atoms with E-state index in [1.165, 1.54) is 11.8 Å². The van der Waals surface area contributed by atoms with Crippen molar-refractivity contribution in [3.8, 4) is 0 Å². The lowest BCUT2D eigenvalue weighted by Gasteiger charge is -2.39. The third kappa shape index (κ3) is 3.76. The van der Waals surface area contributed by atoms with Crippen LogP contribution in [0.15, 0.2) is 39.1 Å². The number of hydrogen-bond donors (Lipinski definition) is 1. The number of nitrogens with two attached hydrogens (primary N) is 1. The minimum atomic E-state index is -0.0745. The van der Waals surface area contributed by atoms with Gasteiger partial charge in [0.05, 0.1) is 21.6 Å². The highest BCUT2D eigenvalue weighted by atomic mass is 35.5. The van der Waals surface area contributed by atoms with Gasteiger partial charge in [0.25, 0.3) is 5.56 Å². The van der Waals surface area contributed by atoms with Gasteiger partial charge in [0.1, 0.15) is 0 Å². The number of hydrogen-bond acceptors (Lipinski definition) is 6. The van der Waals surface area contributed by atoms with Crippen LogP contribution in [0, 0.1) is 5.41 Å². The van der Waals surface area contributed by atoms with Crippen molar-refractivity contribution in [3.05, 3.63) is 39.9 Å². The summed E-state index contributed by atoms with van der Waals surface area (Å²) in [6.07, 6.45) is 5.53. The Kier molecular flexibility index (Phi) is 5.35. The van der Waals surface area contributed by atoms with Gasteiger partial charge in [0.15, 0.2) is 0 Å². The number of anilines is 1. The van der Waals surface area contributed by atoms with Gasteiger partial charge < -0.3 is 10.6 Å². The minimum Gasteiger partial charge on any atom is -0.342 e. The van der Waals surface area contributed by atoms with Crippen LogP contribution >= 0.6 is 23.4 Å². The van der Waals surface area contributed by atoms with Crippen molar-refractivity contribution in [3.63, 3.8) is 0 Å². The Balaban J connectivity index is 1.60. The molecule has 0 saturated carbocycles. The van der Waals surface area contributed by atoms with Crippen LogP contribution in [0.4, 0.5) is 5.95 Å². The summed E-state index contributed by atoms with van der Waals surface area (Å²) in [6.45, 7) is 4.61. The number of benzene rings is 1. The molecule has 154 valence electrons. The van der Waals surface area contributed by atoms with Crippen LogP contribution in [0.1, 0.15) is 19.8 Å². The first-order valence-electron chi connectivity index (χ1n) is 9.62. The van der Waals surface area contributed by atoms with Crippen molar-refractivity contribution in [2.24, 2.45) is 25.2 Å². The molecule has 1 fully saturated rings. The predicted molar refractivity (Wildman–Crippen MR) is 118 cm³/mol. The van der Waals surface area contributed by atoms with E-state index in [4.69, 9.17) is 17.3 Å². The Morgan fingerprint density at radius 1 is 1.24 bits per heavy atom. The molecule has 0 unspecified atom stereocenters. The smallest absolute Gasteiger partial charge is 0.268 e. The van der Waals surface area contributed by atoms with E-state index in [9.17, 15) is 4.79 Å². The lowest BCUT2D eigenvalue weighted by Crippen LogP contribution is -2.44. The van der Waals surface area contributed by atoms with Crippen LogP contribution in [0.25, 0.3) is 10.9 Å². The van der Waals surface area contributed by atoms with Crippen molar-refractivity contribution in [1.29, 1.82) is 0 Å². The third-order valence-electron chi connectivity index (χ3n) is 5.78. The molecular weight excluding hydrogens is 408 g/mol. The van der Waals surface area contributed by atoms with Gasteiger partial charge >= 0.3 is 0 Å². The maximum absolute atomic E-state index is 13.0. The summed E-state index contributed by atoms with van der Waals surface area (Å²) in [5.74, 6) is 0.701. The second-order valence-corrected chi connectivity index (χ2v) is 9.47. The summed E-state index contributed by atoms with van der Waals surface area (Å²) in [4.78, 5) is 21.1. The first-order valence-corrected chi connectivity index (χ1v) is 10.8. The normalized spacial score (nSPS) is 16.5. The quantitative estimate of drug-likeness (QED) is 0.682. The Morgan fingerprint density at radius 3 is 2.66 bits per heavy atom. The Bertz CT molecular complexity index is 1120. The highest BCUT2D eigenvalue weighted by Gasteiger charge is 2.30. The summed E-state index contributed by atoms with van der Waals surface area (Å²) in [7, 11) is 3.63. The fourth-order valence-corrected chi connectivity index (χ4v) is 4.91. The van der Waals surface area contributed by atoms with Gasteiger partial charge in [-0.1, -0.05) is 30.3 Å². The van der Waals surface area contributed by atoms with E-state index in [1.54, 1.807) is 22.5 Å². The van der Waals surface area contributed by atoms with Crippen LogP contribution in [-0.4, -0.2) is 39.0 Å². The molecular formula is C20H25ClN6OS. The van der Waals surface area contributed by atoms with E-state index >= 15 is 0 Å². The van der Waals surface area contributed by atoms with Gasteiger partial charge in [-0.15, -0.1) is 0 Å². The predicted octanol–water partition coefficient (Wildman–Crippen LogP) is 3.04. The van der Waals surface area contributed by atoms with Crippen LogP contribution in [0.2, 0.25) is 5.02 Å². The van der Waals surface area contributed by atoms with Crippen LogP contribution in [-0.2, 0) is 14.1 Å². The highest BCUT2D eigenvalue weighted by Crippen LogP contribution is 2.36. The summed E-state index contributed by atoms with van der Waals surface area (Å²) in [6, 6.07) is 3.81. The lowest BCUT2D eigenvalue weighted by molar-refractivity contribution is 0.256. The van der Waals surface area contributed by atoms with Crippen molar-refractivity contribution in [1.82, 2.24) is 19.3 Å². The van der Waals surface area contributed by atoms with Crippen LogP contribution in [0.5, 0.6) is 0 Å². The Hall–Kier alpha value is -2.03. The van der Waals surface area contributed by atoms with E-state index in [0.29, 0.717) is 22.4 Å². The van der Waals surface area contributed by atoms with Gasteiger partial charge in [-0.05, 0) is 36.9 Å². The summed E-state index contributed by atoms with van der Waals surface area (Å²) >= 11 is 7.91. The zero-order chi connectivity index (χ0) is 20.8. The molecule has 2 aromatic heterocycles. The molecule has 0 spiro atoms. The molecule has 0 atom stereocenters. The van der Waals surface area contributed by atoms with Crippen LogP contribution in [0.3, 0.4) is 0 Å². The molecule has 1 saturated heterocycles. The van der Waals surface area contributed by atoms with Gasteiger partial charge in [0.2, 0.25) is 5.95 Å². The van der Waals surface area contributed by atoms with Gasteiger partial charge in [-0.25, -0.2) is 4.98 Å². The van der Waals surface area contributed by atoms with Gasteiger partial charge in [-0.3, -0.25) is 14.0 Å². The molecule has 1 aromatic carbocycles. The van der Waals surface area contributed by atoms with E-state index in [2.05, 4.69) is 21.9 Å². The highest BCUT2D eigenvalue weighted by molar-refractivity contribution is 7.99. The second-order valence-electron chi connectivity index (χ2n) is 8.00. The number of fused-ring (bicyclic) bond motifs is 1. The Labute approximate surface area is 178 Å². The molecule has 3 aromatic rings. The van der Waals surface area contributed by atoms with E-state index in [-0.39, 0.29) is 11.0 Å². The fourth-order valence-electron chi connectivity index (χ4n) is 3.68. The van der Waals surface area contributed by atoms with Crippen molar-refractivity contribution in [2.45, 2.75) is 29.6 Å². The number of piperidine rings is 1. The maximum atomic E-state index is 13.0. The number of halogens is 1. The molecule has 1 aliphatic heterocycles. The summed E-state index contributed by atoms with van der Waals surface area (Å²) in [5.41, 5.74) is 6.84.